The predicted octanol–water partition coefficient (Wildman–Crippen LogP) is 2.90. The fourth-order valence-electron chi connectivity index (χ4n) is 1.39. The zero-order valence-electron chi connectivity index (χ0n) is 9.32. The van der Waals surface area contributed by atoms with Gasteiger partial charge in [0, 0.05) is 16.9 Å². The highest BCUT2D eigenvalue weighted by Crippen LogP contribution is 2.26. The van der Waals surface area contributed by atoms with Crippen molar-refractivity contribution in [3.8, 4) is 0 Å². The van der Waals surface area contributed by atoms with Crippen molar-refractivity contribution in [2.24, 2.45) is 5.73 Å². The SMILES string of the molecule is NC(=S)c1nccnc1Nc1c(F)cc(Br)cc1F. The van der Waals surface area contributed by atoms with Crippen molar-refractivity contribution >= 4 is 44.6 Å². The topological polar surface area (TPSA) is 63.8 Å². The molecule has 0 aliphatic heterocycles. The van der Waals surface area contributed by atoms with Gasteiger partial charge in [-0.3, -0.25) is 0 Å². The van der Waals surface area contributed by atoms with Crippen molar-refractivity contribution in [3.63, 3.8) is 0 Å². The second kappa shape index (κ2) is 5.54. The van der Waals surface area contributed by atoms with E-state index in [9.17, 15) is 8.78 Å². The van der Waals surface area contributed by atoms with Gasteiger partial charge < -0.3 is 11.1 Å². The number of hydrogen-bond donors (Lipinski definition) is 2. The summed E-state index contributed by atoms with van der Waals surface area (Å²) in [6, 6.07) is 2.25. The average molecular weight is 345 g/mol. The molecule has 0 fully saturated rings. The van der Waals surface area contributed by atoms with Crippen molar-refractivity contribution in [2.45, 2.75) is 0 Å². The van der Waals surface area contributed by atoms with Crippen LogP contribution in [0.15, 0.2) is 29.0 Å². The van der Waals surface area contributed by atoms with Crippen molar-refractivity contribution in [2.75, 3.05) is 5.32 Å². The van der Waals surface area contributed by atoms with E-state index in [1.165, 1.54) is 12.4 Å². The molecule has 0 radical (unpaired) electrons. The molecule has 1 heterocycles. The minimum Gasteiger partial charge on any atom is -0.388 e. The molecule has 8 heteroatoms. The summed E-state index contributed by atoms with van der Waals surface area (Å²) in [5.41, 5.74) is 5.28. The van der Waals surface area contributed by atoms with Crippen LogP contribution in [0.2, 0.25) is 0 Å². The lowest BCUT2D eigenvalue weighted by Gasteiger charge is -2.10. The van der Waals surface area contributed by atoms with Crippen LogP contribution >= 0.6 is 28.1 Å². The number of rotatable bonds is 3. The van der Waals surface area contributed by atoms with E-state index in [1.54, 1.807) is 0 Å². The van der Waals surface area contributed by atoms with E-state index in [1.807, 2.05) is 0 Å². The van der Waals surface area contributed by atoms with Gasteiger partial charge in [0.05, 0.1) is 0 Å². The van der Waals surface area contributed by atoms with Gasteiger partial charge in [-0.2, -0.15) is 0 Å². The number of halogens is 3. The molecule has 0 unspecified atom stereocenters. The Labute approximate surface area is 121 Å². The molecular formula is C11H7BrF2N4S. The maximum atomic E-state index is 13.7. The van der Waals surface area contributed by atoms with Crippen LogP contribution in [0.1, 0.15) is 5.69 Å². The Kier molecular flexibility index (Phi) is 4.01. The van der Waals surface area contributed by atoms with Gasteiger partial charge in [0.25, 0.3) is 0 Å². The average Bonchev–Trinajstić information content (AvgIpc) is 2.34. The molecule has 98 valence electrons. The van der Waals surface area contributed by atoms with Crippen molar-refractivity contribution in [1.82, 2.24) is 9.97 Å². The van der Waals surface area contributed by atoms with E-state index in [0.29, 0.717) is 4.47 Å². The van der Waals surface area contributed by atoms with Crippen molar-refractivity contribution < 1.29 is 8.78 Å². The molecular weight excluding hydrogens is 338 g/mol. The summed E-state index contributed by atoms with van der Waals surface area (Å²) in [4.78, 5) is 7.80. The largest absolute Gasteiger partial charge is 0.388 e. The van der Waals surface area contributed by atoms with E-state index < -0.39 is 11.6 Å². The molecule has 0 saturated heterocycles. The summed E-state index contributed by atoms with van der Waals surface area (Å²) >= 11 is 7.79. The first-order chi connectivity index (χ1) is 8.99. The van der Waals surface area contributed by atoms with Gasteiger partial charge in [-0.05, 0) is 12.1 Å². The lowest BCUT2D eigenvalue weighted by atomic mass is 10.2. The van der Waals surface area contributed by atoms with Crippen LogP contribution in [0, 0.1) is 11.6 Å². The number of nitrogens with two attached hydrogens (primary N) is 1. The Morgan fingerprint density at radius 2 is 1.79 bits per heavy atom. The Morgan fingerprint density at radius 1 is 1.21 bits per heavy atom. The molecule has 0 spiro atoms. The summed E-state index contributed by atoms with van der Waals surface area (Å²) in [6.45, 7) is 0. The third-order valence-corrected chi connectivity index (χ3v) is 2.83. The van der Waals surface area contributed by atoms with Crippen LogP contribution in [-0.2, 0) is 0 Å². The van der Waals surface area contributed by atoms with E-state index in [2.05, 4.69) is 31.2 Å². The van der Waals surface area contributed by atoms with E-state index in [4.69, 9.17) is 18.0 Å². The molecule has 1 aromatic carbocycles. The highest BCUT2D eigenvalue weighted by molar-refractivity contribution is 9.10. The smallest absolute Gasteiger partial charge is 0.159 e. The summed E-state index contributed by atoms with van der Waals surface area (Å²) in [7, 11) is 0. The van der Waals surface area contributed by atoms with Gasteiger partial charge in [0.1, 0.15) is 16.4 Å². The Morgan fingerprint density at radius 3 is 2.37 bits per heavy atom. The number of nitrogens with zero attached hydrogens (tertiary/aromatic N) is 2. The molecule has 3 N–H and O–H groups in total. The quantitative estimate of drug-likeness (QED) is 0.838. The van der Waals surface area contributed by atoms with Crippen molar-refractivity contribution in [1.29, 1.82) is 0 Å². The summed E-state index contributed by atoms with van der Waals surface area (Å²) in [5.74, 6) is -1.45. The molecule has 19 heavy (non-hydrogen) atoms. The normalized spacial score (nSPS) is 10.3. The zero-order chi connectivity index (χ0) is 14.0. The van der Waals surface area contributed by atoms with Crippen LogP contribution in [0.25, 0.3) is 0 Å². The maximum absolute atomic E-state index is 13.7. The summed E-state index contributed by atoms with van der Waals surface area (Å²) in [5, 5.41) is 2.51. The van der Waals surface area contributed by atoms with Crippen LogP contribution in [0.3, 0.4) is 0 Å². The molecule has 2 aromatic rings. The Bertz CT molecular complexity index is 627. The van der Waals surface area contributed by atoms with Gasteiger partial charge in [0.15, 0.2) is 17.5 Å². The van der Waals surface area contributed by atoms with Crippen LogP contribution in [0.4, 0.5) is 20.3 Å². The van der Waals surface area contributed by atoms with Crippen molar-refractivity contribution in [3.05, 3.63) is 46.3 Å². The zero-order valence-corrected chi connectivity index (χ0v) is 11.7. The molecule has 4 nitrogen and oxygen atoms in total. The molecule has 0 amide bonds. The predicted molar refractivity (Wildman–Crippen MR) is 75.3 cm³/mol. The van der Waals surface area contributed by atoms with Crippen LogP contribution in [-0.4, -0.2) is 15.0 Å². The third kappa shape index (κ3) is 3.02. The van der Waals surface area contributed by atoms with Gasteiger partial charge in [-0.1, -0.05) is 28.1 Å². The Balaban J connectivity index is 2.45. The van der Waals surface area contributed by atoms with Gasteiger partial charge >= 0.3 is 0 Å². The molecule has 0 atom stereocenters. The lowest BCUT2D eigenvalue weighted by molar-refractivity contribution is 0.589. The number of anilines is 2. The van der Waals surface area contributed by atoms with Gasteiger partial charge in [0.2, 0.25) is 0 Å². The molecule has 0 saturated carbocycles. The first kappa shape index (κ1) is 13.8. The minimum atomic E-state index is -0.772. The highest BCUT2D eigenvalue weighted by atomic mass is 79.9. The number of nitrogens with one attached hydrogen (secondary N) is 1. The maximum Gasteiger partial charge on any atom is 0.159 e. The van der Waals surface area contributed by atoms with E-state index >= 15 is 0 Å². The fraction of sp³-hybridized carbons (Fsp3) is 0. The van der Waals surface area contributed by atoms with E-state index in [0.717, 1.165) is 12.1 Å². The van der Waals surface area contributed by atoms with Crippen LogP contribution < -0.4 is 11.1 Å². The second-order valence-corrected chi connectivity index (χ2v) is 4.84. The molecule has 0 aliphatic carbocycles. The fourth-order valence-corrected chi connectivity index (χ4v) is 1.94. The standard InChI is InChI=1S/C11H7BrF2N4S/c12-5-3-6(13)8(7(14)4-5)18-11-9(10(15)19)16-1-2-17-11/h1-4H,(H2,15,19)(H,17,18). The first-order valence-corrected chi connectivity index (χ1v) is 6.21. The lowest BCUT2D eigenvalue weighted by Crippen LogP contribution is -2.15. The molecule has 0 aliphatic rings. The number of thiocarbonyl (C=S) groups is 1. The first-order valence-electron chi connectivity index (χ1n) is 5.01. The van der Waals surface area contributed by atoms with Gasteiger partial charge in [-0.15, -0.1) is 0 Å². The van der Waals surface area contributed by atoms with Gasteiger partial charge in [-0.25, -0.2) is 18.7 Å². The number of aromatic nitrogens is 2. The molecule has 1 aromatic heterocycles. The molecule has 2 rings (SSSR count). The highest BCUT2D eigenvalue weighted by Gasteiger charge is 2.14. The summed E-state index contributed by atoms with van der Waals surface area (Å²) < 4.78 is 27.7. The number of benzene rings is 1. The second-order valence-electron chi connectivity index (χ2n) is 3.49. The molecule has 0 bridgehead atoms. The number of hydrogen-bond acceptors (Lipinski definition) is 4. The van der Waals surface area contributed by atoms with E-state index in [-0.39, 0.29) is 22.2 Å². The third-order valence-electron chi connectivity index (χ3n) is 2.18. The Hall–Kier alpha value is -1.67. The summed E-state index contributed by atoms with van der Waals surface area (Å²) in [6.07, 6.45) is 2.74. The minimum absolute atomic E-state index is 0.0199. The van der Waals surface area contributed by atoms with Crippen LogP contribution in [0.5, 0.6) is 0 Å². The monoisotopic (exact) mass is 344 g/mol.